The lowest BCUT2D eigenvalue weighted by molar-refractivity contribution is -0.139. The van der Waals surface area contributed by atoms with Crippen LogP contribution in [0.4, 0.5) is 4.79 Å². The zero-order valence-electron chi connectivity index (χ0n) is 10.7. The third-order valence-corrected chi connectivity index (χ3v) is 2.32. The van der Waals surface area contributed by atoms with Crippen molar-refractivity contribution in [3.05, 3.63) is 18.2 Å². The van der Waals surface area contributed by atoms with Gasteiger partial charge in [-0.05, 0) is 6.92 Å². The Morgan fingerprint density at radius 2 is 2.37 bits per heavy atom. The van der Waals surface area contributed by atoms with Gasteiger partial charge in [0.15, 0.2) is 0 Å². The van der Waals surface area contributed by atoms with Crippen molar-refractivity contribution in [3.8, 4) is 0 Å². The van der Waals surface area contributed by atoms with E-state index in [4.69, 9.17) is 9.84 Å². The van der Waals surface area contributed by atoms with Gasteiger partial charge in [0, 0.05) is 31.5 Å². The minimum absolute atomic E-state index is 0.147. The molecule has 0 aromatic carbocycles. The summed E-state index contributed by atoms with van der Waals surface area (Å²) in [6.45, 7) is 3.14. The Bertz CT molecular complexity index is 393. The van der Waals surface area contributed by atoms with Gasteiger partial charge in [-0.1, -0.05) is 0 Å². The number of carbonyl (C=O) groups excluding carboxylic acids is 1. The summed E-state index contributed by atoms with van der Waals surface area (Å²) in [7, 11) is 0. The number of carboxylic acid groups (broad SMARTS) is 1. The van der Waals surface area contributed by atoms with Gasteiger partial charge in [-0.2, -0.15) is 0 Å². The van der Waals surface area contributed by atoms with Crippen LogP contribution in [0.25, 0.3) is 0 Å². The average molecular weight is 270 g/mol. The molecule has 0 fully saturated rings. The zero-order chi connectivity index (χ0) is 14.1. The van der Waals surface area contributed by atoms with E-state index in [1.54, 1.807) is 0 Å². The maximum Gasteiger partial charge on any atom is 0.326 e. The van der Waals surface area contributed by atoms with Crippen molar-refractivity contribution in [2.45, 2.75) is 19.4 Å². The van der Waals surface area contributed by atoms with Gasteiger partial charge < -0.3 is 25.5 Å². The molecule has 0 aliphatic heterocycles. The summed E-state index contributed by atoms with van der Waals surface area (Å²) in [6, 6.07) is -1.54. The Kier molecular flexibility index (Phi) is 6.37. The van der Waals surface area contributed by atoms with E-state index in [2.05, 4.69) is 20.6 Å². The van der Waals surface area contributed by atoms with Crippen molar-refractivity contribution in [2.75, 3.05) is 19.8 Å². The maximum atomic E-state index is 11.5. The van der Waals surface area contributed by atoms with Gasteiger partial charge in [-0.3, -0.25) is 0 Å². The smallest absolute Gasteiger partial charge is 0.326 e. The van der Waals surface area contributed by atoms with E-state index >= 15 is 0 Å². The van der Waals surface area contributed by atoms with Crippen molar-refractivity contribution >= 4 is 12.0 Å². The number of carboxylic acids is 1. The minimum atomic E-state index is -1.10. The van der Waals surface area contributed by atoms with Crippen LogP contribution in [-0.2, 0) is 16.0 Å². The van der Waals surface area contributed by atoms with Gasteiger partial charge in [0.25, 0.3) is 0 Å². The van der Waals surface area contributed by atoms with Crippen molar-refractivity contribution in [2.24, 2.45) is 0 Å². The first-order valence-electron chi connectivity index (χ1n) is 5.95. The molecule has 0 saturated carbocycles. The first kappa shape index (κ1) is 15.0. The number of carbonyl (C=O) groups is 2. The Morgan fingerprint density at radius 3 is 2.95 bits per heavy atom. The molecule has 19 heavy (non-hydrogen) atoms. The molecule has 1 atom stereocenters. The Labute approximate surface area is 110 Å². The topological polar surface area (TPSA) is 116 Å². The summed E-state index contributed by atoms with van der Waals surface area (Å²) in [5.74, 6) is -1.10. The normalized spacial score (nSPS) is 11.8. The monoisotopic (exact) mass is 270 g/mol. The molecule has 2 amide bonds. The highest BCUT2D eigenvalue weighted by molar-refractivity contribution is 5.82. The predicted molar refractivity (Wildman–Crippen MR) is 66.7 cm³/mol. The largest absolute Gasteiger partial charge is 0.480 e. The van der Waals surface area contributed by atoms with Crippen molar-refractivity contribution in [1.29, 1.82) is 0 Å². The third kappa shape index (κ3) is 5.87. The van der Waals surface area contributed by atoms with E-state index in [9.17, 15) is 9.59 Å². The molecule has 0 aliphatic carbocycles. The third-order valence-electron chi connectivity index (χ3n) is 2.32. The molecule has 1 aromatic rings. The second kappa shape index (κ2) is 8.09. The molecule has 4 N–H and O–H groups in total. The summed E-state index contributed by atoms with van der Waals surface area (Å²) in [5.41, 5.74) is 0.641. The first-order valence-corrected chi connectivity index (χ1v) is 5.95. The molecule has 1 rings (SSSR count). The lowest BCUT2D eigenvalue weighted by atomic mass is 10.2. The number of imidazole rings is 1. The molecule has 1 heterocycles. The molecule has 0 radical (unpaired) electrons. The van der Waals surface area contributed by atoms with Gasteiger partial charge in [0.05, 0.1) is 12.9 Å². The highest BCUT2D eigenvalue weighted by atomic mass is 16.5. The number of nitrogens with zero attached hydrogens (tertiary/aromatic N) is 1. The van der Waals surface area contributed by atoms with Crippen LogP contribution in [0.3, 0.4) is 0 Å². The van der Waals surface area contributed by atoms with E-state index in [0.29, 0.717) is 25.5 Å². The molecule has 0 spiro atoms. The van der Waals surface area contributed by atoms with Crippen LogP contribution in [0.2, 0.25) is 0 Å². The number of H-pyrrole nitrogens is 1. The minimum Gasteiger partial charge on any atom is -0.480 e. The molecule has 106 valence electrons. The Hall–Kier alpha value is -2.09. The lowest BCUT2D eigenvalue weighted by Crippen LogP contribution is -2.47. The van der Waals surface area contributed by atoms with E-state index < -0.39 is 18.0 Å². The number of ether oxygens (including phenoxy) is 1. The quantitative estimate of drug-likeness (QED) is 0.486. The number of aromatic nitrogens is 2. The van der Waals surface area contributed by atoms with Crippen LogP contribution in [0.15, 0.2) is 12.5 Å². The summed E-state index contributed by atoms with van der Waals surface area (Å²) >= 11 is 0. The first-order chi connectivity index (χ1) is 9.13. The summed E-state index contributed by atoms with van der Waals surface area (Å²) in [4.78, 5) is 29.1. The van der Waals surface area contributed by atoms with E-state index in [0.717, 1.165) is 0 Å². The molecule has 0 aliphatic rings. The molecule has 8 nitrogen and oxygen atoms in total. The highest BCUT2D eigenvalue weighted by Crippen LogP contribution is 1.98. The molecule has 0 bridgehead atoms. The van der Waals surface area contributed by atoms with E-state index in [1.807, 2.05) is 6.92 Å². The number of hydrogen-bond donors (Lipinski definition) is 4. The predicted octanol–water partition coefficient (Wildman–Crippen LogP) is -0.259. The number of aliphatic carboxylic acids is 1. The number of nitrogens with one attached hydrogen (secondary N) is 3. The number of amides is 2. The van der Waals surface area contributed by atoms with Gasteiger partial charge in [0.1, 0.15) is 6.04 Å². The Morgan fingerprint density at radius 1 is 1.58 bits per heavy atom. The Balaban J connectivity index is 2.36. The lowest BCUT2D eigenvalue weighted by Gasteiger charge is -2.14. The fraction of sp³-hybridized carbons (Fsp3) is 0.545. The van der Waals surface area contributed by atoms with E-state index in [-0.39, 0.29) is 6.42 Å². The second-order valence-corrected chi connectivity index (χ2v) is 3.77. The zero-order valence-corrected chi connectivity index (χ0v) is 10.7. The fourth-order valence-corrected chi connectivity index (χ4v) is 1.41. The van der Waals surface area contributed by atoms with Gasteiger partial charge in [-0.15, -0.1) is 0 Å². The maximum absolute atomic E-state index is 11.5. The van der Waals surface area contributed by atoms with Crippen LogP contribution in [-0.4, -0.2) is 52.9 Å². The van der Waals surface area contributed by atoms with Crippen molar-refractivity contribution < 1.29 is 19.4 Å². The van der Waals surface area contributed by atoms with Crippen LogP contribution < -0.4 is 10.6 Å². The van der Waals surface area contributed by atoms with Gasteiger partial charge >= 0.3 is 12.0 Å². The molecule has 8 heteroatoms. The summed E-state index contributed by atoms with van der Waals surface area (Å²) < 4.78 is 5.05. The number of rotatable bonds is 8. The van der Waals surface area contributed by atoms with Crippen LogP contribution in [0.1, 0.15) is 12.6 Å². The van der Waals surface area contributed by atoms with Crippen LogP contribution in [0, 0.1) is 0 Å². The van der Waals surface area contributed by atoms with Crippen LogP contribution in [0.5, 0.6) is 0 Å². The number of aromatic amines is 1. The molecular formula is C11H18N4O4. The van der Waals surface area contributed by atoms with Crippen LogP contribution >= 0.6 is 0 Å². The van der Waals surface area contributed by atoms with Crippen molar-refractivity contribution in [3.63, 3.8) is 0 Å². The highest BCUT2D eigenvalue weighted by Gasteiger charge is 2.20. The average Bonchev–Trinajstić information content (AvgIpc) is 2.86. The number of urea groups is 1. The standard InChI is InChI=1S/C11H18N4O4/c1-2-19-4-3-13-11(18)15-9(10(16)17)5-8-6-12-7-14-8/h6-7,9H,2-5H2,1H3,(H,12,14)(H,16,17)(H2,13,15,18)/t9-/m1/s1. The van der Waals surface area contributed by atoms with E-state index in [1.165, 1.54) is 12.5 Å². The molecule has 0 saturated heterocycles. The summed E-state index contributed by atoms with van der Waals surface area (Å²) in [6.07, 6.45) is 3.12. The van der Waals surface area contributed by atoms with Gasteiger partial charge in [0.2, 0.25) is 0 Å². The second-order valence-electron chi connectivity index (χ2n) is 3.77. The molecule has 1 aromatic heterocycles. The summed E-state index contributed by atoms with van der Waals surface area (Å²) in [5, 5.41) is 13.9. The molecular weight excluding hydrogens is 252 g/mol. The molecule has 0 unspecified atom stereocenters. The SMILES string of the molecule is CCOCCNC(=O)N[C@H](Cc1cnc[nH]1)C(=O)O. The van der Waals surface area contributed by atoms with Crippen molar-refractivity contribution in [1.82, 2.24) is 20.6 Å². The fourth-order valence-electron chi connectivity index (χ4n) is 1.41. The van der Waals surface area contributed by atoms with Gasteiger partial charge in [-0.25, -0.2) is 14.6 Å². The number of hydrogen-bond acceptors (Lipinski definition) is 4.